The van der Waals surface area contributed by atoms with Gasteiger partial charge in [0.15, 0.2) is 11.5 Å². The lowest BCUT2D eigenvalue weighted by atomic mass is 10.1. The molecule has 30 heavy (non-hydrogen) atoms. The van der Waals surface area contributed by atoms with Crippen molar-refractivity contribution in [3.8, 4) is 17.1 Å². The number of nitrogens with one attached hydrogen (secondary N) is 1. The first-order valence-electron chi connectivity index (χ1n) is 7.99. The average molecular weight is 449 g/mol. The Morgan fingerprint density at radius 1 is 1.07 bits per heavy atom. The number of hydrogen-bond donors (Lipinski definition) is 1. The molecule has 1 N–H and O–H groups in total. The summed E-state index contributed by atoms with van der Waals surface area (Å²) in [6, 6.07) is 6.41. The van der Waals surface area contributed by atoms with Gasteiger partial charge in [-0.05, 0) is 30.3 Å². The Bertz CT molecular complexity index is 1340. The highest BCUT2D eigenvalue weighted by molar-refractivity contribution is 6.30. The second-order valence-electron chi connectivity index (χ2n) is 6.02. The van der Waals surface area contributed by atoms with Crippen LogP contribution < -0.4 is 10.4 Å². The second-order valence-corrected chi connectivity index (χ2v) is 6.45. The molecule has 4 aromatic rings. The molecule has 0 saturated carbocycles. The normalized spacial score (nSPS) is 12.6. The molecule has 0 aliphatic rings. The Labute approximate surface area is 166 Å². The van der Waals surface area contributed by atoms with Gasteiger partial charge >= 0.3 is 18.2 Å². The van der Waals surface area contributed by atoms with Crippen LogP contribution in [0, 0.1) is 0 Å². The maximum absolute atomic E-state index is 13.3. The standard InChI is InChI=1S/C17H7ClF6N4O2/c18-7-4-5-8(11(6-7)30-17(22,23)24)13-26-14-9-2-1-3-10(16(19,20)21)12(9)25-15(29)28(14)27-13/h1-6H,(H,25,29). The molecule has 0 saturated heterocycles. The summed E-state index contributed by atoms with van der Waals surface area (Å²) >= 11 is 5.72. The molecule has 0 aliphatic carbocycles. The molecule has 0 bridgehead atoms. The average Bonchev–Trinajstić information content (AvgIpc) is 3.05. The van der Waals surface area contributed by atoms with Gasteiger partial charge in [-0.15, -0.1) is 18.3 Å². The summed E-state index contributed by atoms with van der Waals surface area (Å²) in [5.41, 5.74) is -3.22. The number of nitrogens with zero attached hydrogens (tertiary/aromatic N) is 3. The van der Waals surface area contributed by atoms with E-state index >= 15 is 0 Å². The van der Waals surface area contributed by atoms with Gasteiger partial charge in [-0.25, -0.2) is 9.78 Å². The first-order chi connectivity index (χ1) is 13.9. The molecular formula is C17H7ClF6N4O2. The summed E-state index contributed by atoms with van der Waals surface area (Å²) in [7, 11) is 0. The highest BCUT2D eigenvalue weighted by Gasteiger charge is 2.34. The van der Waals surface area contributed by atoms with E-state index in [4.69, 9.17) is 11.6 Å². The number of ether oxygens (including phenoxy) is 1. The molecule has 13 heteroatoms. The maximum atomic E-state index is 13.3. The zero-order valence-electron chi connectivity index (χ0n) is 14.3. The Morgan fingerprint density at radius 3 is 2.47 bits per heavy atom. The minimum atomic E-state index is -5.05. The van der Waals surface area contributed by atoms with Crippen LogP contribution in [0.15, 0.2) is 41.2 Å². The van der Waals surface area contributed by atoms with E-state index in [9.17, 15) is 31.1 Å². The van der Waals surface area contributed by atoms with Gasteiger partial charge in [-0.3, -0.25) is 0 Å². The van der Waals surface area contributed by atoms with Crippen LogP contribution in [-0.4, -0.2) is 25.9 Å². The van der Waals surface area contributed by atoms with Gasteiger partial charge in [0.1, 0.15) is 5.75 Å². The topological polar surface area (TPSA) is 72.3 Å². The van der Waals surface area contributed by atoms with E-state index in [0.29, 0.717) is 4.52 Å². The molecule has 6 nitrogen and oxygen atoms in total. The van der Waals surface area contributed by atoms with Gasteiger partial charge in [0, 0.05) is 10.4 Å². The van der Waals surface area contributed by atoms with Crippen LogP contribution in [0.5, 0.6) is 5.75 Å². The van der Waals surface area contributed by atoms with Gasteiger partial charge in [0.2, 0.25) is 0 Å². The van der Waals surface area contributed by atoms with E-state index < -0.39 is 35.1 Å². The molecule has 2 aromatic carbocycles. The largest absolute Gasteiger partial charge is 0.573 e. The third-order valence-electron chi connectivity index (χ3n) is 4.05. The zero-order chi connectivity index (χ0) is 21.8. The van der Waals surface area contributed by atoms with E-state index in [2.05, 4.69) is 19.8 Å². The van der Waals surface area contributed by atoms with Crippen LogP contribution in [0.1, 0.15) is 5.56 Å². The fourth-order valence-electron chi connectivity index (χ4n) is 2.90. The van der Waals surface area contributed by atoms with E-state index in [1.807, 2.05) is 0 Å². The molecule has 0 unspecified atom stereocenters. The molecule has 0 atom stereocenters. The van der Waals surface area contributed by atoms with Crippen molar-refractivity contribution in [1.82, 2.24) is 19.6 Å². The van der Waals surface area contributed by atoms with Crippen molar-refractivity contribution in [1.29, 1.82) is 0 Å². The number of aromatic nitrogens is 4. The predicted molar refractivity (Wildman–Crippen MR) is 93.2 cm³/mol. The SMILES string of the molecule is O=c1[nH]c2c(C(F)(F)F)cccc2c2nc(-c3ccc(Cl)cc3OC(F)(F)F)nn12. The van der Waals surface area contributed by atoms with Crippen LogP contribution in [0.3, 0.4) is 0 Å². The van der Waals surface area contributed by atoms with E-state index in [-0.39, 0.29) is 27.4 Å². The van der Waals surface area contributed by atoms with Crippen molar-refractivity contribution in [2.75, 3.05) is 0 Å². The van der Waals surface area contributed by atoms with Gasteiger partial charge in [0.25, 0.3) is 0 Å². The van der Waals surface area contributed by atoms with Crippen LogP contribution in [0.25, 0.3) is 27.9 Å². The minimum absolute atomic E-state index is 0.0696. The fraction of sp³-hybridized carbons (Fsp3) is 0.118. The smallest absolute Gasteiger partial charge is 0.405 e. The number of halogens is 7. The molecule has 0 aliphatic heterocycles. The Balaban J connectivity index is 1.99. The number of fused-ring (bicyclic) bond motifs is 3. The van der Waals surface area contributed by atoms with E-state index in [0.717, 1.165) is 24.3 Å². The molecule has 0 fully saturated rings. The molecule has 2 aromatic heterocycles. The first-order valence-corrected chi connectivity index (χ1v) is 8.36. The summed E-state index contributed by atoms with van der Waals surface area (Å²) < 4.78 is 82.6. The molecular weight excluding hydrogens is 442 g/mol. The van der Waals surface area contributed by atoms with Crippen molar-refractivity contribution in [3.63, 3.8) is 0 Å². The van der Waals surface area contributed by atoms with Crippen molar-refractivity contribution >= 4 is 28.2 Å². The van der Waals surface area contributed by atoms with Gasteiger partial charge in [-0.2, -0.15) is 17.7 Å². The highest BCUT2D eigenvalue weighted by Crippen LogP contribution is 2.36. The molecule has 0 spiro atoms. The molecule has 0 amide bonds. The van der Waals surface area contributed by atoms with Crippen molar-refractivity contribution in [2.24, 2.45) is 0 Å². The van der Waals surface area contributed by atoms with E-state index in [1.165, 1.54) is 12.1 Å². The summed E-state index contributed by atoms with van der Waals surface area (Å²) in [6.07, 6.45) is -9.81. The highest BCUT2D eigenvalue weighted by atomic mass is 35.5. The van der Waals surface area contributed by atoms with Crippen molar-refractivity contribution in [2.45, 2.75) is 12.5 Å². The fourth-order valence-corrected chi connectivity index (χ4v) is 3.06. The van der Waals surface area contributed by atoms with Gasteiger partial charge in [0.05, 0.1) is 16.6 Å². The van der Waals surface area contributed by atoms with Gasteiger partial charge in [-0.1, -0.05) is 17.7 Å². The third kappa shape index (κ3) is 3.54. The molecule has 4 rings (SSSR count). The number of para-hydroxylation sites is 1. The quantitative estimate of drug-likeness (QED) is 0.447. The summed E-state index contributed by atoms with van der Waals surface area (Å²) in [5, 5.41) is 3.66. The lowest BCUT2D eigenvalue weighted by Gasteiger charge is -2.11. The monoisotopic (exact) mass is 448 g/mol. The van der Waals surface area contributed by atoms with Crippen molar-refractivity contribution < 1.29 is 31.1 Å². The number of benzene rings is 2. The van der Waals surface area contributed by atoms with Crippen molar-refractivity contribution in [3.05, 3.63) is 57.5 Å². The van der Waals surface area contributed by atoms with Crippen LogP contribution in [0.2, 0.25) is 5.02 Å². The third-order valence-corrected chi connectivity index (χ3v) is 4.29. The first kappa shape index (κ1) is 20.0. The molecule has 156 valence electrons. The number of hydrogen-bond acceptors (Lipinski definition) is 4. The molecule has 2 heterocycles. The minimum Gasteiger partial charge on any atom is -0.405 e. The second kappa shape index (κ2) is 6.62. The van der Waals surface area contributed by atoms with Crippen LogP contribution >= 0.6 is 11.6 Å². The lowest BCUT2D eigenvalue weighted by molar-refractivity contribution is -0.274. The lowest BCUT2D eigenvalue weighted by Crippen LogP contribution is -2.19. The Kier molecular flexibility index (Phi) is 4.42. The predicted octanol–water partition coefficient (Wildman–Crippen LogP) is 4.81. The van der Waals surface area contributed by atoms with Crippen LogP contribution in [-0.2, 0) is 6.18 Å². The van der Waals surface area contributed by atoms with Gasteiger partial charge < -0.3 is 9.72 Å². The van der Waals surface area contributed by atoms with Crippen LogP contribution in [0.4, 0.5) is 26.3 Å². The number of rotatable bonds is 2. The summed E-state index contributed by atoms with van der Waals surface area (Å²) in [4.78, 5) is 18.4. The number of H-pyrrole nitrogens is 1. The van der Waals surface area contributed by atoms with E-state index in [1.54, 1.807) is 0 Å². The number of alkyl halides is 6. The summed E-state index contributed by atoms with van der Waals surface area (Å²) in [6.45, 7) is 0. The summed E-state index contributed by atoms with van der Waals surface area (Å²) in [5.74, 6) is -1.11. The maximum Gasteiger partial charge on any atom is 0.573 e. The Hall–Kier alpha value is -3.28. The Morgan fingerprint density at radius 2 is 1.80 bits per heavy atom. The molecule has 0 radical (unpaired) electrons. The zero-order valence-corrected chi connectivity index (χ0v) is 15.0. The number of aromatic amines is 1.